The summed E-state index contributed by atoms with van der Waals surface area (Å²) in [7, 11) is 1.57. The molecule has 2 N–H and O–H groups in total. The van der Waals surface area contributed by atoms with E-state index in [0.29, 0.717) is 28.4 Å². The molecule has 4 aromatic rings. The van der Waals surface area contributed by atoms with Crippen LogP contribution in [0.1, 0.15) is 16.1 Å². The van der Waals surface area contributed by atoms with Gasteiger partial charge in [0.1, 0.15) is 22.1 Å². The van der Waals surface area contributed by atoms with Crippen LogP contribution in [0.25, 0.3) is 0 Å². The molecule has 0 unspecified atom stereocenters. The smallest absolute Gasteiger partial charge is 0.278 e. The van der Waals surface area contributed by atoms with E-state index in [1.54, 1.807) is 92.0 Å². The van der Waals surface area contributed by atoms with E-state index >= 15 is 0 Å². The minimum absolute atomic E-state index is 0.0174. The van der Waals surface area contributed by atoms with Crippen LogP contribution >= 0.6 is 27.7 Å². The Kier molecular flexibility index (Phi) is 7.85. The Morgan fingerprint density at radius 3 is 2.26 bits per heavy atom. The van der Waals surface area contributed by atoms with Crippen molar-refractivity contribution in [1.29, 1.82) is 0 Å². The van der Waals surface area contributed by atoms with Crippen molar-refractivity contribution in [3.63, 3.8) is 0 Å². The number of imide groups is 1. The van der Waals surface area contributed by atoms with Crippen LogP contribution < -0.4 is 15.4 Å². The van der Waals surface area contributed by atoms with Crippen molar-refractivity contribution < 1.29 is 23.5 Å². The zero-order valence-corrected chi connectivity index (χ0v) is 23.0. The summed E-state index contributed by atoms with van der Waals surface area (Å²) in [6, 6.07) is 24.6. The van der Waals surface area contributed by atoms with Crippen LogP contribution in [0.4, 0.5) is 11.4 Å². The van der Waals surface area contributed by atoms with E-state index in [1.165, 1.54) is 18.0 Å². The maximum absolute atomic E-state index is 13.4. The molecule has 1 aliphatic rings. The van der Waals surface area contributed by atoms with E-state index < -0.39 is 11.8 Å². The number of nitrogens with one attached hydrogen (secondary N) is 2. The number of anilines is 2. The van der Waals surface area contributed by atoms with Crippen molar-refractivity contribution in [3.8, 4) is 5.75 Å². The minimum Gasteiger partial charge on any atom is -0.497 e. The molecule has 0 radical (unpaired) electrons. The number of hydrogen-bond acceptors (Lipinski definition) is 7. The first-order chi connectivity index (χ1) is 18.9. The average molecular weight is 604 g/mol. The van der Waals surface area contributed by atoms with Gasteiger partial charge in [0.25, 0.3) is 17.7 Å². The summed E-state index contributed by atoms with van der Waals surface area (Å²) in [5.41, 5.74) is 1.94. The predicted molar refractivity (Wildman–Crippen MR) is 152 cm³/mol. The molecule has 3 aromatic carbocycles. The van der Waals surface area contributed by atoms with Gasteiger partial charge in [-0.2, -0.15) is 0 Å². The maximum atomic E-state index is 13.4. The second-order valence-corrected chi connectivity index (χ2v) is 10.4. The van der Waals surface area contributed by atoms with Crippen molar-refractivity contribution >= 4 is 56.8 Å². The average Bonchev–Trinajstić information content (AvgIpc) is 3.54. The third-order valence-corrected chi connectivity index (χ3v) is 7.44. The molecule has 0 fully saturated rings. The van der Waals surface area contributed by atoms with Gasteiger partial charge in [-0.25, -0.2) is 0 Å². The number of hydrogen-bond donors (Lipinski definition) is 2. The molecule has 10 heteroatoms. The zero-order chi connectivity index (χ0) is 27.4. The Morgan fingerprint density at radius 2 is 1.62 bits per heavy atom. The van der Waals surface area contributed by atoms with Crippen LogP contribution in [0.2, 0.25) is 0 Å². The van der Waals surface area contributed by atoms with E-state index in [9.17, 15) is 14.4 Å². The Balaban J connectivity index is 1.36. The molecule has 8 nitrogen and oxygen atoms in total. The first-order valence-electron chi connectivity index (χ1n) is 11.8. The van der Waals surface area contributed by atoms with Crippen molar-refractivity contribution in [2.45, 2.75) is 11.4 Å². The number of rotatable bonds is 9. The van der Waals surface area contributed by atoms with Crippen molar-refractivity contribution in [2.24, 2.45) is 0 Å². The first-order valence-corrected chi connectivity index (χ1v) is 13.4. The highest BCUT2D eigenvalue weighted by Gasteiger charge is 2.39. The van der Waals surface area contributed by atoms with E-state index in [4.69, 9.17) is 9.15 Å². The van der Waals surface area contributed by atoms with Crippen molar-refractivity contribution in [3.05, 3.63) is 118 Å². The van der Waals surface area contributed by atoms with Crippen LogP contribution in [0, 0.1) is 0 Å². The predicted octanol–water partition coefficient (Wildman–Crippen LogP) is 6.29. The third kappa shape index (κ3) is 6.08. The summed E-state index contributed by atoms with van der Waals surface area (Å²) in [5.74, 6) is 0.0576. The normalized spacial score (nSPS) is 13.1. The molecule has 2 heterocycles. The van der Waals surface area contributed by atoms with E-state index in [-0.39, 0.29) is 23.1 Å². The highest BCUT2D eigenvalue weighted by molar-refractivity contribution is 9.10. The lowest BCUT2D eigenvalue weighted by molar-refractivity contribution is -0.138. The first kappa shape index (κ1) is 26.3. The van der Waals surface area contributed by atoms with Gasteiger partial charge in [0.2, 0.25) is 0 Å². The largest absolute Gasteiger partial charge is 0.497 e. The fourth-order valence-electron chi connectivity index (χ4n) is 3.81. The van der Waals surface area contributed by atoms with Gasteiger partial charge in [-0.3, -0.25) is 19.3 Å². The molecule has 0 saturated heterocycles. The summed E-state index contributed by atoms with van der Waals surface area (Å²) in [5, 5.41) is 5.97. The van der Waals surface area contributed by atoms with Gasteiger partial charge in [0, 0.05) is 26.3 Å². The lowest BCUT2D eigenvalue weighted by Crippen LogP contribution is -2.31. The molecule has 39 heavy (non-hydrogen) atoms. The number of halogens is 1. The monoisotopic (exact) mass is 603 g/mol. The van der Waals surface area contributed by atoms with Crippen LogP contribution in [0.5, 0.6) is 5.75 Å². The Labute approximate surface area is 237 Å². The van der Waals surface area contributed by atoms with Gasteiger partial charge in [-0.1, -0.05) is 27.7 Å². The topological polar surface area (TPSA) is 101 Å². The molecule has 0 spiro atoms. The second kappa shape index (κ2) is 11.6. The van der Waals surface area contributed by atoms with Crippen molar-refractivity contribution in [2.75, 3.05) is 17.7 Å². The summed E-state index contributed by atoms with van der Waals surface area (Å²) < 4.78 is 11.5. The van der Waals surface area contributed by atoms with E-state index in [1.807, 2.05) is 0 Å². The highest BCUT2D eigenvalue weighted by atomic mass is 79.9. The van der Waals surface area contributed by atoms with Gasteiger partial charge < -0.3 is 19.8 Å². The number of furan rings is 1. The number of nitrogens with zero attached hydrogens (tertiary/aromatic N) is 1. The molecule has 0 aliphatic carbocycles. The summed E-state index contributed by atoms with van der Waals surface area (Å²) in [6.45, 7) is 0.0174. The SMILES string of the molecule is COc1ccc(NC2=C(Sc3ccc(NC(=O)c4ccc(Br)cc4)cc3)C(=O)N(Cc3ccco3)C2=O)cc1. The second-order valence-electron chi connectivity index (χ2n) is 8.42. The van der Waals surface area contributed by atoms with E-state index in [0.717, 1.165) is 14.3 Å². The highest BCUT2D eigenvalue weighted by Crippen LogP contribution is 2.37. The van der Waals surface area contributed by atoms with E-state index in [2.05, 4.69) is 26.6 Å². The molecule has 196 valence electrons. The van der Waals surface area contributed by atoms with Crippen LogP contribution in [-0.4, -0.2) is 29.7 Å². The summed E-state index contributed by atoms with van der Waals surface area (Å²) in [6.07, 6.45) is 1.50. The zero-order valence-electron chi connectivity index (χ0n) is 20.6. The van der Waals surface area contributed by atoms with Gasteiger partial charge in [-0.15, -0.1) is 0 Å². The Hall–Kier alpha value is -4.28. The molecular weight excluding hydrogens is 582 g/mol. The van der Waals surface area contributed by atoms with Crippen LogP contribution in [0.3, 0.4) is 0 Å². The standard InChI is InChI=1S/C29H22BrN3O5S/c1-37-22-12-8-20(9-13-22)31-25-26(29(36)33(28(25)35)17-23-3-2-16-38-23)39-24-14-10-21(11-15-24)32-27(34)18-4-6-19(30)7-5-18/h2-16,31H,17H2,1H3,(H,32,34). The fourth-order valence-corrected chi connectivity index (χ4v) is 5.02. The quantitative estimate of drug-likeness (QED) is 0.217. The number of benzene rings is 3. The lowest BCUT2D eigenvalue weighted by Gasteiger charge is -2.13. The molecule has 1 aliphatic heterocycles. The maximum Gasteiger partial charge on any atom is 0.278 e. The minimum atomic E-state index is -0.451. The lowest BCUT2D eigenvalue weighted by atomic mass is 10.2. The fraction of sp³-hybridized carbons (Fsp3) is 0.0690. The van der Waals surface area contributed by atoms with Gasteiger partial charge in [-0.05, 0) is 84.9 Å². The van der Waals surface area contributed by atoms with Gasteiger partial charge in [0.05, 0.1) is 19.9 Å². The van der Waals surface area contributed by atoms with Crippen LogP contribution in [-0.2, 0) is 16.1 Å². The molecule has 0 atom stereocenters. The van der Waals surface area contributed by atoms with Gasteiger partial charge in [0.15, 0.2) is 0 Å². The number of carbonyl (C=O) groups excluding carboxylic acids is 3. The third-order valence-electron chi connectivity index (χ3n) is 5.82. The number of methoxy groups -OCH3 is 1. The molecular formula is C29H22BrN3O5S. The summed E-state index contributed by atoms with van der Waals surface area (Å²) in [4.78, 5) is 41.4. The molecule has 3 amide bonds. The molecule has 0 saturated carbocycles. The Morgan fingerprint density at radius 1 is 0.923 bits per heavy atom. The number of carbonyl (C=O) groups is 3. The van der Waals surface area contributed by atoms with Crippen molar-refractivity contribution in [1.82, 2.24) is 4.90 Å². The number of amides is 3. The molecule has 0 bridgehead atoms. The number of ether oxygens (including phenoxy) is 1. The molecule has 5 rings (SSSR count). The van der Waals surface area contributed by atoms with Gasteiger partial charge >= 0.3 is 0 Å². The Bertz CT molecular complexity index is 1530. The number of thioether (sulfide) groups is 1. The summed E-state index contributed by atoms with van der Waals surface area (Å²) >= 11 is 4.53. The molecule has 1 aromatic heterocycles. The van der Waals surface area contributed by atoms with Crippen LogP contribution in [0.15, 0.2) is 116 Å².